The Morgan fingerprint density at radius 1 is 1.47 bits per heavy atom. The number of aliphatic carboxylic acids is 1. The van der Waals surface area contributed by atoms with E-state index in [1.54, 1.807) is 6.92 Å². The predicted molar refractivity (Wildman–Crippen MR) is 54.9 cm³/mol. The van der Waals surface area contributed by atoms with Gasteiger partial charge >= 0.3 is 5.97 Å². The first-order valence-corrected chi connectivity index (χ1v) is 6.32. The van der Waals surface area contributed by atoms with E-state index >= 15 is 0 Å². The summed E-state index contributed by atoms with van der Waals surface area (Å²) in [5.74, 6) is -1.34. The van der Waals surface area contributed by atoms with Gasteiger partial charge in [0.05, 0.1) is 5.75 Å². The van der Waals surface area contributed by atoms with Crippen molar-refractivity contribution in [3.63, 3.8) is 0 Å². The van der Waals surface area contributed by atoms with Crippen molar-refractivity contribution < 1.29 is 23.4 Å². The zero-order chi connectivity index (χ0) is 11.9. The van der Waals surface area contributed by atoms with E-state index in [2.05, 4.69) is 4.72 Å². The molecule has 1 unspecified atom stereocenters. The molecule has 0 bridgehead atoms. The Labute approximate surface area is 89.4 Å². The number of aliphatic hydroxyl groups is 1. The summed E-state index contributed by atoms with van der Waals surface area (Å²) in [7, 11) is -3.41. The lowest BCUT2D eigenvalue weighted by atomic mass is 10.2. The molecule has 0 aromatic heterocycles. The van der Waals surface area contributed by atoms with Crippen LogP contribution < -0.4 is 4.72 Å². The van der Waals surface area contributed by atoms with E-state index < -0.39 is 16.0 Å². The molecule has 7 heteroatoms. The fourth-order valence-electron chi connectivity index (χ4n) is 0.819. The Bertz CT molecular complexity index is 287. The first-order chi connectivity index (χ1) is 6.87. The highest BCUT2D eigenvalue weighted by molar-refractivity contribution is 7.89. The highest BCUT2D eigenvalue weighted by Crippen LogP contribution is 1.97. The summed E-state index contributed by atoms with van der Waals surface area (Å²) in [5, 5.41) is 17.0. The van der Waals surface area contributed by atoms with Crippen molar-refractivity contribution in [3.8, 4) is 0 Å². The van der Waals surface area contributed by atoms with Gasteiger partial charge in [-0.25, -0.2) is 13.1 Å². The molecule has 0 aromatic rings. The average molecular weight is 239 g/mol. The van der Waals surface area contributed by atoms with Crippen molar-refractivity contribution in [3.05, 3.63) is 0 Å². The molecular formula is C8H17NO5S. The first kappa shape index (κ1) is 14.3. The molecule has 0 aliphatic carbocycles. The number of carboxylic acids is 1. The maximum atomic E-state index is 11.2. The summed E-state index contributed by atoms with van der Waals surface area (Å²) in [4.78, 5) is 10.1. The first-order valence-electron chi connectivity index (χ1n) is 4.67. The summed E-state index contributed by atoms with van der Waals surface area (Å²) >= 11 is 0. The van der Waals surface area contributed by atoms with Crippen LogP contribution in [0.4, 0.5) is 0 Å². The molecular weight excluding hydrogens is 222 g/mol. The van der Waals surface area contributed by atoms with Crippen LogP contribution in [0.25, 0.3) is 0 Å². The minimum absolute atomic E-state index is 0.0857. The molecule has 0 aromatic carbocycles. The summed E-state index contributed by atoms with van der Waals surface area (Å²) in [6, 6.07) is 0. The fourth-order valence-corrected chi connectivity index (χ4v) is 2.03. The van der Waals surface area contributed by atoms with Crippen molar-refractivity contribution in [1.82, 2.24) is 4.72 Å². The van der Waals surface area contributed by atoms with Crippen LogP contribution in [-0.4, -0.2) is 43.5 Å². The molecule has 15 heavy (non-hydrogen) atoms. The number of aliphatic hydroxyl groups excluding tert-OH is 1. The zero-order valence-corrected chi connectivity index (χ0v) is 9.46. The molecule has 0 rings (SSSR count). The second kappa shape index (κ2) is 6.76. The number of hydrogen-bond donors (Lipinski definition) is 3. The average Bonchev–Trinajstić information content (AvgIpc) is 2.13. The summed E-state index contributed by atoms with van der Waals surface area (Å²) in [6.07, 6.45) is -0.0609. The van der Waals surface area contributed by atoms with Gasteiger partial charge in [0.15, 0.2) is 0 Å². The van der Waals surface area contributed by atoms with Crippen molar-refractivity contribution in [2.75, 3.05) is 18.9 Å². The summed E-state index contributed by atoms with van der Waals surface area (Å²) in [6.45, 7) is 1.79. The topological polar surface area (TPSA) is 104 Å². The molecule has 0 spiro atoms. The van der Waals surface area contributed by atoms with Gasteiger partial charge in [-0.2, -0.15) is 0 Å². The van der Waals surface area contributed by atoms with Crippen LogP contribution in [0, 0.1) is 5.92 Å². The monoisotopic (exact) mass is 239 g/mol. The quantitative estimate of drug-likeness (QED) is 0.524. The van der Waals surface area contributed by atoms with Gasteiger partial charge in [-0.1, -0.05) is 6.92 Å². The molecule has 0 saturated heterocycles. The molecule has 0 radical (unpaired) electrons. The third-order valence-corrected chi connectivity index (χ3v) is 3.20. The zero-order valence-electron chi connectivity index (χ0n) is 8.64. The minimum atomic E-state index is -3.41. The largest absolute Gasteiger partial charge is 0.481 e. The van der Waals surface area contributed by atoms with Crippen LogP contribution in [0.15, 0.2) is 0 Å². The van der Waals surface area contributed by atoms with Gasteiger partial charge in [-0.15, -0.1) is 0 Å². The molecule has 0 aliphatic heterocycles. The smallest absolute Gasteiger partial charge is 0.303 e. The lowest BCUT2D eigenvalue weighted by Crippen LogP contribution is -2.31. The SMILES string of the molecule is CC(CO)CNS(=O)(=O)CCCC(=O)O. The van der Waals surface area contributed by atoms with Gasteiger partial charge in [0, 0.05) is 19.6 Å². The number of nitrogens with one attached hydrogen (secondary N) is 1. The van der Waals surface area contributed by atoms with Crippen molar-refractivity contribution in [1.29, 1.82) is 0 Å². The molecule has 1 atom stereocenters. The number of hydrogen-bond acceptors (Lipinski definition) is 4. The highest BCUT2D eigenvalue weighted by atomic mass is 32.2. The van der Waals surface area contributed by atoms with Crippen molar-refractivity contribution >= 4 is 16.0 Å². The predicted octanol–water partition coefficient (Wildman–Crippen LogP) is -0.601. The molecule has 6 nitrogen and oxygen atoms in total. The van der Waals surface area contributed by atoms with Crippen LogP contribution in [0.1, 0.15) is 19.8 Å². The standard InChI is InChI=1S/C8H17NO5S/c1-7(6-10)5-9-15(13,14)4-2-3-8(11)12/h7,9-10H,2-6H2,1H3,(H,11,12). The van der Waals surface area contributed by atoms with Crippen molar-refractivity contribution in [2.24, 2.45) is 5.92 Å². The van der Waals surface area contributed by atoms with Crippen LogP contribution >= 0.6 is 0 Å². The third kappa shape index (κ3) is 8.34. The molecule has 3 N–H and O–H groups in total. The maximum absolute atomic E-state index is 11.2. The van der Waals surface area contributed by atoms with E-state index in [4.69, 9.17) is 10.2 Å². The van der Waals surface area contributed by atoms with Crippen LogP contribution in [0.2, 0.25) is 0 Å². The second-order valence-electron chi connectivity index (χ2n) is 3.45. The minimum Gasteiger partial charge on any atom is -0.481 e. The Kier molecular flexibility index (Phi) is 6.46. The van der Waals surface area contributed by atoms with E-state index in [0.717, 1.165) is 0 Å². The van der Waals surface area contributed by atoms with Crippen molar-refractivity contribution in [2.45, 2.75) is 19.8 Å². The normalized spacial score (nSPS) is 13.7. The van der Waals surface area contributed by atoms with Gasteiger partial charge in [0.25, 0.3) is 0 Å². The Morgan fingerprint density at radius 2 is 2.07 bits per heavy atom. The van der Waals surface area contributed by atoms with Gasteiger partial charge in [-0.05, 0) is 12.3 Å². The van der Waals surface area contributed by atoms with Gasteiger partial charge in [0.1, 0.15) is 0 Å². The lowest BCUT2D eigenvalue weighted by Gasteiger charge is -2.09. The Morgan fingerprint density at radius 3 is 2.53 bits per heavy atom. The number of carboxylic acid groups (broad SMARTS) is 1. The number of sulfonamides is 1. The number of rotatable bonds is 8. The fraction of sp³-hybridized carbons (Fsp3) is 0.875. The molecule has 0 saturated carbocycles. The van der Waals surface area contributed by atoms with E-state index in [0.29, 0.717) is 0 Å². The lowest BCUT2D eigenvalue weighted by molar-refractivity contribution is -0.137. The van der Waals surface area contributed by atoms with E-state index in [-0.39, 0.29) is 37.7 Å². The van der Waals surface area contributed by atoms with E-state index in [1.807, 2.05) is 0 Å². The summed E-state index contributed by atoms with van der Waals surface area (Å²) < 4.78 is 24.8. The Balaban J connectivity index is 3.82. The second-order valence-corrected chi connectivity index (χ2v) is 5.38. The molecule has 0 heterocycles. The number of carbonyl (C=O) groups is 1. The van der Waals surface area contributed by atoms with Crippen LogP contribution in [0.3, 0.4) is 0 Å². The van der Waals surface area contributed by atoms with Crippen LogP contribution in [0.5, 0.6) is 0 Å². The highest BCUT2D eigenvalue weighted by Gasteiger charge is 2.12. The molecule has 90 valence electrons. The Hall–Kier alpha value is -0.660. The maximum Gasteiger partial charge on any atom is 0.303 e. The van der Waals surface area contributed by atoms with Gasteiger partial charge in [-0.3, -0.25) is 4.79 Å². The van der Waals surface area contributed by atoms with Gasteiger partial charge in [0.2, 0.25) is 10.0 Å². The molecule has 0 amide bonds. The van der Waals surface area contributed by atoms with E-state index in [9.17, 15) is 13.2 Å². The molecule has 0 aliphatic rings. The molecule has 0 fully saturated rings. The van der Waals surface area contributed by atoms with Gasteiger partial charge < -0.3 is 10.2 Å². The van der Waals surface area contributed by atoms with E-state index in [1.165, 1.54) is 0 Å². The summed E-state index contributed by atoms with van der Waals surface area (Å²) in [5.41, 5.74) is 0. The van der Waals surface area contributed by atoms with Crippen LogP contribution in [-0.2, 0) is 14.8 Å². The third-order valence-electron chi connectivity index (χ3n) is 1.77.